The van der Waals surface area contributed by atoms with Crippen LogP contribution in [0.5, 0.6) is 5.88 Å². The number of hydrogen-bond acceptors (Lipinski definition) is 5. The number of imidazole rings is 1. The van der Waals surface area contributed by atoms with Gasteiger partial charge in [0.05, 0.1) is 13.7 Å². The summed E-state index contributed by atoms with van der Waals surface area (Å²) in [5, 5.41) is 5.61. The van der Waals surface area contributed by atoms with Gasteiger partial charge in [-0.05, 0) is 19.3 Å². The van der Waals surface area contributed by atoms with Crippen molar-refractivity contribution in [1.82, 2.24) is 14.7 Å². The molecule has 0 saturated carbocycles. The highest BCUT2D eigenvalue weighted by molar-refractivity contribution is 7.15. The number of nitrogens with one attached hydrogen (secondary N) is 1. The molecular formula is C13H19N3O2S. The second-order valence-corrected chi connectivity index (χ2v) is 5.79. The molecule has 1 aliphatic rings. The number of methoxy groups -OCH3 is 1. The van der Waals surface area contributed by atoms with E-state index in [1.165, 1.54) is 0 Å². The Morgan fingerprint density at radius 1 is 1.68 bits per heavy atom. The molecule has 0 aromatic carbocycles. The molecule has 6 heteroatoms. The molecule has 0 amide bonds. The van der Waals surface area contributed by atoms with Crippen molar-refractivity contribution in [1.29, 1.82) is 0 Å². The van der Waals surface area contributed by atoms with Crippen molar-refractivity contribution in [3.8, 4) is 5.88 Å². The van der Waals surface area contributed by atoms with Gasteiger partial charge in [-0.3, -0.25) is 4.40 Å². The van der Waals surface area contributed by atoms with Crippen LogP contribution >= 0.6 is 11.3 Å². The van der Waals surface area contributed by atoms with Crippen molar-refractivity contribution in [2.24, 2.45) is 5.92 Å². The fourth-order valence-corrected chi connectivity index (χ4v) is 3.23. The van der Waals surface area contributed by atoms with E-state index in [2.05, 4.69) is 21.6 Å². The number of thiazole rings is 1. The first-order valence-corrected chi connectivity index (χ1v) is 7.47. The molecule has 0 spiro atoms. The van der Waals surface area contributed by atoms with Crippen molar-refractivity contribution in [2.45, 2.75) is 25.9 Å². The molecule has 2 aromatic heterocycles. The average Bonchev–Trinajstić information content (AvgIpc) is 3.12. The molecule has 0 aliphatic carbocycles. The number of fused-ring (bicyclic) bond motifs is 1. The van der Waals surface area contributed by atoms with Gasteiger partial charge in [0, 0.05) is 30.8 Å². The van der Waals surface area contributed by atoms with Gasteiger partial charge < -0.3 is 14.8 Å². The molecule has 19 heavy (non-hydrogen) atoms. The molecule has 0 radical (unpaired) electrons. The summed E-state index contributed by atoms with van der Waals surface area (Å²) in [6, 6.07) is 0.441. The van der Waals surface area contributed by atoms with Crippen molar-refractivity contribution in [3.05, 3.63) is 17.3 Å². The molecule has 5 nitrogen and oxygen atoms in total. The van der Waals surface area contributed by atoms with Crippen LogP contribution in [0.25, 0.3) is 4.96 Å². The van der Waals surface area contributed by atoms with E-state index >= 15 is 0 Å². The molecule has 1 fully saturated rings. The quantitative estimate of drug-likeness (QED) is 0.909. The molecule has 3 rings (SSSR count). The third-order valence-corrected chi connectivity index (χ3v) is 4.54. The SMILES string of the molecule is COc1nc2sccn2c1CNC(C)C1CCOC1. The summed E-state index contributed by atoms with van der Waals surface area (Å²) in [5.74, 6) is 1.33. The van der Waals surface area contributed by atoms with Crippen LogP contribution in [-0.4, -0.2) is 35.8 Å². The van der Waals surface area contributed by atoms with E-state index in [1.54, 1.807) is 18.4 Å². The first kappa shape index (κ1) is 12.9. The number of hydrogen-bond donors (Lipinski definition) is 1. The van der Waals surface area contributed by atoms with E-state index in [4.69, 9.17) is 9.47 Å². The Balaban J connectivity index is 1.71. The van der Waals surface area contributed by atoms with Crippen LogP contribution in [0.4, 0.5) is 0 Å². The summed E-state index contributed by atoms with van der Waals surface area (Å²) < 4.78 is 12.9. The molecule has 1 aliphatic heterocycles. The Bertz CT molecular complexity index is 545. The lowest BCUT2D eigenvalue weighted by Gasteiger charge is -2.19. The van der Waals surface area contributed by atoms with Crippen LogP contribution in [0.2, 0.25) is 0 Å². The first-order chi connectivity index (χ1) is 9.29. The van der Waals surface area contributed by atoms with Crippen molar-refractivity contribution < 1.29 is 9.47 Å². The molecule has 104 valence electrons. The van der Waals surface area contributed by atoms with Gasteiger partial charge in [0.15, 0.2) is 4.96 Å². The van der Waals surface area contributed by atoms with Gasteiger partial charge in [0.2, 0.25) is 5.88 Å². The van der Waals surface area contributed by atoms with Gasteiger partial charge in [0.1, 0.15) is 5.69 Å². The van der Waals surface area contributed by atoms with Crippen LogP contribution < -0.4 is 10.1 Å². The van der Waals surface area contributed by atoms with Crippen LogP contribution in [-0.2, 0) is 11.3 Å². The van der Waals surface area contributed by atoms with E-state index in [9.17, 15) is 0 Å². The zero-order chi connectivity index (χ0) is 13.2. The maximum absolute atomic E-state index is 5.44. The molecule has 2 aromatic rings. The lowest BCUT2D eigenvalue weighted by atomic mass is 10.0. The summed E-state index contributed by atoms with van der Waals surface area (Å²) in [4.78, 5) is 5.44. The van der Waals surface area contributed by atoms with Gasteiger partial charge in [-0.1, -0.05) is 0 Å². The summed E-state index contributed by atoms with van der Waals surface area (Å²) in [5.41, 5.74) is 1.09. The average molecular weight is 281 g/mol. The Hall–Kier alpha value is -1.11. The maximum atomic E-state index is 5.44. The van der Waals surface area contributed by atoms with Crippen molar-refractivity contribution in [2.75, 3.05) is 20.3 Å². The van der Waals surface area contributed by atoms with Crippen molar-refractivity contribution in [3.63, 3.8) is 0 Å². The molecule has 2 unspecified atom stereocenters. The normalized spacial score (nSPS) is 21.1. The highest BCUT2D eigenvalue weighted by Crippen LogP contribution is 2.23. The molecule has 1 saturated heterocycles. The van der Waals surface area contributed by atoms with E-state index in [0.717, 1.165) is 36.8 Å². The smallest absolute Gasteiger partial charge is 0.237 e. The Labute approximate surface area is 116 Å². The Kier molecular flexibility index (Phi) is 3.72. The largest absolute Gasteiger partial charge is 0.480 e. The number of rotatable bonds is 5. The van der Waals surface area contributed by atoms with Gasteiger partial charge in [-0.25, -0.2) is 0 Å². The molecule has 0 bridgehead atoms. The molecule has 2 atom stereocenters. The summed E-state index contributed by atoms with van der Waals surface area (Å²) in [6.45, 7) is 4.74. The van der Waals surface area contributed by atoms with Crippen LogP contribution in [0, 0.1) is 5.92 Å². The predicted octanol–water partition coefficient (Wildman–Crippen LogP) is 1.92. The summed E-state index contributed by atoms with van der Waals surface area (Å²) in [6.07, 6.45) is 3.18. The third-order valence-electron chi connectivity index (χ3n) is 3.78. The van der Waals surface area contributed by atoms with Gasteiger partial charge >= 0.3 is 0 Å². The second-order valence-electron chi connectivity index (χ2n) is 4.92. The number of aromatic nitrogens is 2. The van der Waals surface area contributed by atoms with Crippen LogP contribution in [0.15, 0.2) is 11.6 Å². The molecule has 1 N–H and O–H groups in total. The summed E-state index contributed by atoms with van der Waals surface area (Å²) >= 11 is 1.62. The van der Waals surface area contributed by atoms with E-state index in [1.807, 2.05) is 11.6 Å². The predicted molar refractivity (Wildman–Crippen MR) is 74.8 cm³/mol. The minimum atomic E-state index is 0.441. The van der Waals surface area contributed by atoms with Crippen molar-refractivity contribution >= 4 is 16.3 Å². The lowest BCUT2D eigenvalue weighted by Crippen LogP contribution is -2.33. The third kappa shape index (κ3) is 2.48. The van der Waals surface area contributed by atoms with Gasteiger partial charge in [-0.2, -0.15) is 4.98 Å². The van der Waals surface area contributed by atoms with Gasteiger partial charge in [0.25, 0.3) is 0 Å². The number of ether oxygens (including phenoxy) is 2. The zero-order valence-corrected chi connectivity index (χ0v) is 12.1. The topological polar surface area (TPSA) is 47.8 Å². The Morgan fingerprint density at radius 3 is 3.32 bits per heavy atom. The lowest BCUT2D eigenvalue weighted by molar-refractivity contribution is 0.178. The molecular weight excluding hydrogens is 262 g/mol. The second kappa shape index (κ2) is 5.48. The van der Waals surface area contributed by atoms with Crippen LogP contribution in [0.1, 0.15) is 19.0 Å². The highest BCUT2D eigenvalue weighted by atomic mass is 32.1. The monoisotopic (exact) mass is 281 g/mol. The minimum Gasteiger partial charge on any atom is -0.480 e. The Morgan fingerprint density at radius 2 is 2.58 bits per heavy atom. The standard InChI is InChI=1S/C13H19N3O2S/c1-9(10-3-5-18-8-10)14-7-11-12(17-2)15-13-16(11)4-6-19-13/h4,6,9-10,14H,3,5,7-8H2,1-2H3. The van der Waals surface area contributed by atoms with Gasteiger partial charge in [-0.15, -0.1) is 11.3 Å². The van der Waals surface area contributed by atoms with E-state index < -0.39 is 0 Å². The fourth-order valence-electron chi connectivity index (χ4n) is 2.51. The summed E-state index contributed by atoms with van der Waals surface area (Å²) in [7, 11) is 1.67. The minimum absolute atomic E-state index is 0.441. The van der Waals surface area contributed by atoms with Crippen LogP contribution in [0.3, 0.4) is 0 Å². The number of nitrogens with zero attached hydrogens (tertiary/aromatic N) is 2. The zero-order valence-electron chi connectivity index (χ0n) is 11.3. The fraction of sp³-hybridized carbons (Fsp3) is 0.615. The molecule has 3 heterocycles. The van der Waals surface area contributed by atoms with E-state index in [0.29, 0.717) is 17.8 Å². The maximum Gasteiger partial charge on any atom is 0.237 e. The highest BCUT2D eigenvalue weighted by Gasteiger charge is 2.23. The van der Waals surface area contributed by atoms with E-state index in [-0.39, 0.29) is 0 Å². The first-order valence-electron chi connectivity index (χ1n) is 6.59.